The third-order valence-corrected chi connectivity index (χ3v) is 3.70. The van der Waals surface area contributed by atoms with E-state index in [1.54, 1.807) is 12.3 Å². The normalized spacial score (nSPS) is 18.7. The fourth-order valence-electron chi connectivity index (χ4n) is 2.45. The number of halogens is 1. The van der Waals surface area contributed by atoms with Crippen molar-refractivity contribution < 1.29 is 9.90 Å². The van der Waals surface area contributed by atoms with Gasteiger partial charge in [0.15, 0.2) is 0 Å². The molecule has 0 aromatic carbocycles. The summed E-state index contributed by atoms with van der Waals surface area (Å²) in [5, 5.41) is 9.26. The number of piperidine rings is 1. The summed E-state index contributed by atoms with van der Waals surface area (Å²) in [7, 11) is 0. The fourth-order valence-corrected chi connectivity index (χ4v) is 2.78. The second-order valence-electron chi connectivity index (χ2n) is 5.52. The molecule has 1 aromatic heterocycles. The van der Waals surface area contributed by atoms with Gasteiger partial charge in [-0.15, -0.1) is 0 Å². The average Bonchev–Trinajstić information content (AvgIpc) is 2.27. The highest BCUT2D eigenvalue weighted by Gasteiger charge is 2.29. The molecular formula is C13H17BrN2O2. The summed E-state index contributed by atoms with van der Waals surface area (Å²) in [6, 6.07) is 1.62. The van der Waals surface area contributed by atoms with Crippen LogP contribution in [-0.2, 0) is 0 Å². The van der Waals surface area contributed by atoms with E-state index in [0.29, 0.717) is 10.3 Å². The first-order valence-corrected chi connectivity index (χ1v) is 6.82. The van der Waals surface area contributed by atoms with Crippen LogP contribution >= 0.6 is 15.9 Å². The standard InChI is InChI=1S/C13H17BrN2O2/c1-13(2)4-3-5-16(8-13)11-10(12(17)18)6-9(14)7-15-11/h6-7H,3-5,8H2,1-2H3,(H,17,18). The Morgan fingerprint density at radius 3 is 2.89 bits per heavy atom. The predicted octanol–water partition coefficient (Wildman–Crippen LogP) is 3.17. The van der Waals surface area contributed by atoms with Crippen molar-refractivity contribution in [3.05, 3.63) is 22.3 Å². The minimum absolute atomic E-state index is 0.211. The molecule has 2 heterocycles. The molecule has 1 aliphatic heterocycles. The van der Waals surface area contributed by atoms with Gasteiger partial charge in [0.25, 0.3) is 0 Å². The zero-order chi connectivity index (χ0) is 13.3. The van der Waals surface area contributed by atoms with E-state index in [4.69, 9.17) is 0 Å². The molecule has 0 radical (unpaired) electrons. The largest absolute Gasteiger partial charge is 0.478 e. The smallest absolute Gasteiger partial charge is 0.339 e. The molecule has 0 spiro atoms. The maximum atomic E-state index is 11.3. The van der Waals surface area contributed by atoms with E-state index in [0.717, 1.165) is 19.5 Å². The molecule has 98 valence electrons. The molecule has 1 aliphatic rings. The summed E-state index contributed by atoms with van der Waals surface area (Å²) in [5.41, 5.74) is 0.477. The van der Waals surface area contributed by atoms with E-state index >= 15 is 0 Å². The Balaban J connectivity index is 2.35. The maximum Gasteiger partial charge on any atom is 0.339 e. The van der Waals surface area contributed by atoms with Crippen LogP contribution in [0.5, 0.6) is 0 Å². The Hall–Kier alpha value is -1.10. The highest BCUT2D eigenvalue weighted by Crippen LogP contribution is 2.32. The first kappa shape index (κ1) is 13.3. The van der Waals surface area contributed by atoms with Crippen LogP contribution < -0.4 is 4.90 Å². The first-order chi connectivity index (χ1) is 8.39. The minimum atomic E-state index is -0.929. The molecule has 1 N–H and O–H groups in total. The molecule has 1 saturated heterocycles. The Labute approximate surface area is 115 Å². The highest BCUT2D eigenvalue weighted by molar-refractivity contribution is 9.10. The number of carboxylic acids is 1. The van der Waals surface area contributed by atoms with Crippen LogP contribution in [0.15, 0.2) is 16.7 Å². The van der Waals surface area contributed by atoms with E-state index in [1.165, 1.54) is 6.42 Å². The lowest BCUT2D eigenvalue weighted by Crippen LogP contribution is -2.41. The van der Waals surface area contributed by atoms with Crippen molar-refractivity contribution in [2.75, 3.05) is 18.0 Å². The van der Waals surface area contributed by atoms with Crippen molar-refractivity contribution in [2.45, 2.75) is 26.7 Å². The van der Waals surface area contributed by atoms with Crippen LogP contribution in [0, 0.1) is 5.41 Å². The Kier molecular flexibility index (Phi) is 3.61. The van der Waals surface area contributed by atoms with Gasteiger partial charge in [-0.05, 0) is 40.3 Å². The highest BCUT2D eigenvalue weighted by atomic mass is 79.9. The molecule has 0 bridgehead atoms. The van der Waals surface area contributed by atoms with E-state index < -0.39 is 5.97 Å². The average molecular weight is 313 g/mol. The van der Waals surface area contributed by atoms with Crippen LogP contribution in [-0.4, -0.2) is 29.1 Å². The number of carbonyl (C=O) groups is 1. The van der Waals surface area contributed by atoms with Gasteiger partial charge in [0.05, 0.1) is 0 Å². The predicted molar refractivity (Wildman–Crippen MR) is 74.1 cm³/mol. The van der Waals surface area contributed by atoms with Crippen molar-refractivity contribution in [3.63, 3.8) is 0 Å². The number of anilines is 1. The second-order valence-corrected chi connectivity index (χ2v) is 6.43. The lowest BCUT2D eigenvalue weighted by molar-refractivity contribution is 0.0696. The maximum absolute atomic E-state index is 11.3. The number of rotatable bonds is 2. The van der Waals surface area contributed by atoms with Crippen molar-refractivity contribution in [2.24, 2.45) is 5.41 Å². The summed E-state index contributed by atoms with van der Waals surface area (Å²) in [6.45, 7) is 6.14. The minimum Gasteiger partial charge on any atom is -0.478 e. The summed E-state index contributed by atoms with van der Waals surface area (Å²) in [4.78, 5) is 17.7. The summed E-state index contributed by atoms with van der Waals surface area (Å²) < 4.78 is 0.694. The molecule has 0 aliphatic carbocycles. The fraction of sp³-hybridized carbons (Fsp3) is 0.538. The number of hydrogen-bond acceptors (Lipinski definition) is 3. The third kappa shape index (κ3) is 2.83. The van der Waals surface area contributed by atoms with Gasteiger partial charge in [-0.3, -0.25) is 0 Å². The molecule has 0 saturated carbocycles. The zero-order valence-corrected chi connectivity index (χ0v) is 12.2. The molecule has 18 heavy (non-hydrogen) atoms. The van der Waals surface area contributed by atoms with Gasteiger partial charge < -0.3 is 10.0 Å². The van der Waals surface area contributed by atoms with Crippen LogP contribution in [0.3, 0.4) is 0 Å². The van der Waals surface area contributed by atoms with Gasteiger partial charge in [-0.25, -0.2) is 9.78 Å². The van der Waals surface area contributed by atoms with Gasteiger partial charge in [0, 0.05) is 23.8 Å². The van der Waals surface area contributed by atoms with Crippen LogP contribution in [0.1, 0.15) is 37.0 Å². The zero-order valence-electron chi connectivity index (χ0n) is 10.6. The molecule has 2 rings (SSSR count). The number of carboxylic acid groups (broad SMARTS) is 1. The van der Waals surface area contributed by atoms with Gasteiger partial charge in [0.1, 0.15) is 11.4 Å². The van der Waals surface area contributed by atoms with Crippen LogP contribution in [0.25, 0.3) is 0 Å². The van der Waals surface area contributed by atoms with E-state index in [2.05, 4.69) is 39.7 Å². The summed E-state index contributed by atoms with van der Waals surface area (Å²) >= 11 is 3.27. The lowest BCUT2D eigenvalue weighted by atomic mass is 9.84. The van der Waals surface area contributed by atoms with Crippen molar-refractivity contribution in [1.29, 1.82) is 0 Å². The van der Waals surface area contributed by atoms with Crippen molar-refractivity contribution in [3.8, 4) is 0 Å². The monoisotopic (exact) mass is 312 g/mol. The quantitative estimate of drug-likeness (QED) is 0.911. The van der Waals surface area contributed by atoms with Gasteiger partial charge in [0.2, 0.25) is 0 Å². The number of hydrogen-bond donors (Lipinski definition) is 1. The van der Waals surface area contributed by atoms with Gasteiger partial charge >= 0.3 is 5.97 Å². The molecule has 5 heteroatoms. The molecule has 1 fully saturated rings. The summed E-state index contributed by atoms with van der Waals surface area (Å²) in [6.07, 6.45) is 3.90. The first-order valence-electron chi connectivity index (χ1n) is 6.03. The van der Waals surface area contributed by atoms with Crippen LogP contribution in [0.4, 0.5) is 5.82 Å². The van der Waals surface area contributed by atoms with Crippen molar-refractivity contribution in [1.82, 2.24) is 4.98 Å². The Morgan fingerprint density at radius 1 is 1.56 bits per heavy atom. The molecule has 0 amide bonds. The van der Waals surface area contributed by atoms with Gasteiger partial charge in [-0.1, -0.05) is 13.8 Å². The second kappa shape index (κ2) is 4.88. The SMILES string of the molecule is CC1(C)CCCN(c2ncc(Br)cc2C(=O)O)C1. The molecule has 4 nitrogen and oxygen atoms in total. The van der Waals surface area contributed by atoms with E-state index in [9.17, 15) is 9.90 Å². The lowest BCUT2D eigenvalue weighted by Gasteiger charge is -2.39. The molecular weight excluding hydrogens is 296 g/mol. The number of aromatic nitrogens is 1. The number of nitrogens with zero attached hydrogens (tertiary/aromatic N) is 2. The summed E-state index contributed by atoms with van der Waals surface area (Å²) in [5.74, 6) is -0.347. The Bertz CT molecular complexity index is 474. The van der Waals surface area contributed by atoms with Gasteiger partial charge in [-0.2, -0.15) is 0 Å². The number of aromatic carboxylic acids is 1. The van der Waals surface area contributed by atoms with E-state index in [-0.39, 0.29) is 11.0 Å². The van der Waals surface area contributed by atoms with Crippen molar-refractivity contribution >= 4 is 27.7 Å². The van der Waals surface area contributed by atoms with Crippen LogP contribution in [0.2, 0.25) is 0 Å². The third-order valence-electron chi connectivity index (χ3n) is 3.26. The van der Waals surface area contributed by atoms with E-state index in [1.807, 2.05) is 0 Å². The number of pyridine rings is 1. The molecule has 0 atom stereocenters. The topological polar surface area (TPSA) is 53.4 Å². The molecule has 1 aromatic rings. The molecule has 0 unspecified atom stereocenters. The Morgan fingerprint density at radius 2 is 2.28 bits per heavy atom.